The molecule has 2 amide bonds. The number of amides is 2. The van der Waals surface area contributed by atoms with E-state index in [1.807, 2.05) is 7.05 Å². The molecule has 0 bridgehead atoms. The summed E-state index contributed by atoms with van der Waals surface area (Å²) in [7, 11) is 2.02. The first kappa shape index (κ1) is 25.1. The summed E-state index contributed by atoms with van der Waals surface area (Å²) >= 11 is 24.6. The van der Waals surface area contributed by atoms with E-state index in [1.165, 1.54) is 0 Å². The normalized spacial score (nSPS) is 16.5. The molecule has 0 spiro atoms. The van der Waals surface area contributed by atoms with Crippen LogP contribution in [0.1, 0.15) is 24.0 Å². The highest BCUT2D eigenvalue weighted by molar-refractivity contribution is 6.35. The predicted molar refractivity (Wildman–Crippen MR) is 131 cm³/mol. The number of piperazine rings is 1. The molecule has 1 N–H and O–H groups in total. The summed E-state index contributed by atoms with van der Waals surface area (Å²) in [5.74, 6) is -0.998. The Bertz CT molecular complexity index is 993. The third-order valence-electron chi connectivity index (χ3n) is 5.69. The van der Waals surface area contributed by atoms with Crippen LogP contribution >= 0.6 is 46.4 Å². The molecule has 0 saturated carbocycles. The highest BCUT2D eigenvalue weighted by Crippen LogP contribution is 2.28. The standard InChI is InChI=1S/C23H25Cl4N3O2/c1-14(18-6-5-17(25)13-20(18)27)22(31)28-21(11-15-3-4-16(24)12-19(15)26)23(32)30-9-7-29(2)8-10-30/h3-6,12-14,21H,7-11H2,1-2H3,(H,28,31). The minimum Gasteiger partial charge on any atom is -0.343 e. The average molecular weight is 517 g/mol. The van der Waals surface area contributed by atoms with Gasteiger partial charge < -0.3 is 15.1 Å². The zero-order valence-electron chi connectivity index (χ0n) is 17.9. The number of nitrogens with zero attached hydrogens (tertiary/aromatic N) is 2. The van der Waals surface area contributed by atoms with E-state index in [9.17, 15) is 9.59 Å². The molecule has 172 valence electrons. The highest BCUT2D eigenvalue weighted by Gasteiger charge is 2.30. The lowest BCUT2D eigenvalue weighted by Gasteiger charge is -2.35. The van der Waals surface area contributed by atoms with Crippen LogP contribution in [0.25, 0.3) is 0 Å². The Labute approximate surface area is 208 Å². The predicted octanol–water partition coefficient (Wildman–Crippen LogP) is 4.91. The van der Waals surface area contributed by atoms with Gasteiger partial charge in [0.25, 0.3) is 0 Å². The van der Waals surface area contributed by atoms with Crippen molar-refractivity contribution in [1.82, 2.24) is 15.1 Å². The summed E-state index contributed by atoms with van der Waals surface area (Å²) in [5, 5.41) is 4.79. The molecule has 32 heavy (non-hydrogen) atoms. The molecule has 1 heterocycles. The molecule has 1 aliphatic rings. The largest absolute Gasteiger partial charge is 0.343 e. The van der Waals surface area contributed by atoms with Gasteiger partial charge in [-0.25, -0.2) is 0 Å². The van der Waals surface area contributed by atoms with Crippen LogP contribution in [-0.4, -0.2) is 60.9 Å². The molecule has 1 fully saturated rings. The van der Waals surface area contributed by atoms with Crippen molar-refractivity contribution in [3.05, 3.63) is 67.6 Å². The van der Waals surface area contributed by atoms with E-state index >= 15 is 0 Å². The molecule has 2 aromatic carbocycles. The van der Waals surface area contributed by atoms with Crippen molar-refractivity contribution in [1.29, 1.82) is 0 Å². The number of likely N-dealkylation sites (N-methyl/N-ethyl adjacent to an activating group) is 1. The van der Waals surface area contributed by atoms with Crippen molar-refractivity contribution in [2.45, 2.75) is 25.3 Å². The Hall–Kier alpha value is -1.50. The summed E-state index contributed by atoms with van der Waals surface area (Å²) < 4.78 is 0. The van der Waals surface area contributed by atoms with E-state index in [2.05, 4.69) is 10.2 Å². The SMILES string of the molecule is CC(C(=O)NC(Cc1ccc(Cl)cc1Cl)C(=O)N1CCN(C)CC1)c1ccc(Cl)cc1Cl. The number of hydrogen-bond acceptors (Lipinski definition) is 3. The number of carbonyl (C=O) groups excluding carboxylic acids is 2. The maximum absolute atomic E-state index is 13.4. The highest BCUT2D eigenvalue weighted by atomic mass is 35.5. The summed E-state index contributed by atoms with van der Waals surface area (Å²) in [6.07, 6.45) is 0.258. The molecule has 2 aromatic rings. The van der Waals surface area contributed by atoms with Crippen LogP contribution in [0.4, 0.5) is 0 Å². The van der Waals surface area contributed by atoms with Gasteiger partial charge in [-0.05, 0) is 49.4 Å². The molecular formula is C23H25Cl4N3O2. The van der Waals surface area contributed by atoms with Crippen molar-refractivity contribution < 1.29 is 9.59 Å². The minimum atomic E-state index is -0.766. The monoisotopic (exact) mass is 515 g/mol. The van der Waals surface area contributed by atoms with Gasteiger partial charge in [-0.1, -0.05) is 58.5 Å². The van der Waals surface area contributed by atoms with Crippen molar-refractivity contribution in [3.63, 3.8) is 0 Å². The summed E-state index contributed by atoms with van der Waals surface area (Å²) in [5.41, 5.74) is 1.38. The molecule has 1 aliphatic heterocycles. The van der Waals surface area contributed by atoms with E-state index in [0.717, 1.165) is 18.7 Å². The maximum Gasteiger partial charge on any atom is 0.245 e. The van der Waals surface area contributed by atoms with Crippen LogP contribution in [0.3, 0.4) is 0 Å². The molecule has 9 heteroatoms. The number of halogens is 4. The van der Waals surface area contributed by atoms with E-state index in [4.69, 9.17) is 46.4 Å². The van der Waals surface area contributed by atoms with Crippen LogP contribution < -0.4 is 5.32 Å². The van der Waals surface area contributed by atoms with Gasteiger partial charge in [0.05, 0.1) is 5.92 Å². The van der Waals surface area contributed by atoms with Gasteiger partial charge in [0.2, 0.25) is 11.8 Å². The summed E-state index contributed by atoms with van der Waals surface area (Å²) in [6, 6.07) is 9.38. The van der Waals surface area contributed by atoms with Crippen LogP contribution in [0.5, 0.6) is 0 Å². The Morgan fingerprint density at radius 1 is 0.938 bits per heavy atom. The molecule has 3 rings (SSSR count). The van der Waals surface area contributed by atoms with E-state index < -0.39 is 12.0 Å². The Balaban J connectivity index is 1.82. The molecule has 0 radical (unpaired) electrons. The summed E-state index contributed by atoms with van der Waals surface area (Å²) in [6.45, 7) is 4.52. The fraction of sp³-hybridized carbons (Fsp3) is 0.391. The molecule has 2 unspecified atom stereocenters. The summed E-state index contributed by atoms with van der Waals surface area (Å²) in [4.78, 5) is 30.4. The van der Waals surface area contributed by atoms with Gasteiger partial charge in [-0.2, -0.15) is 0 Å². The molecule has 0 aromatic heterocycles. The van der Waals surface area contributed by atoms with E-state index in [-0.39, 0.29) is 18.2 Å². The fourth-order valence-corrected chi connectivity index (χ4v) is 4.70. The van der Waals surface area contributed by atoms with Gasteiger partial charge >= 0.3 is 0 Å². The van der Waals surface area contributed by atoms with Crippen molar-refractivity contribution in [2.75, 3.05) is 33.2 Å². The van der Waals surface area contributed by atoms with Crippen molar-refractivity contribution in [2.24, 2.45) is 0 Å². The second kappa shape index (κ2) is 11.1. The second-order valence-electron chi connectivity index (χ2n) is 8.02. The van der Waals surface area contributed by atoms with Crippen molar-refractivity contribution >= 4 is 58.2 Å². The zero-order valence-corrected chi connectivity index (χ0v) is 20.9. The molecule has 5 nitrogen and oxygen atoms in total. The number of hydrogen-bond donors (Lipinski definition) is 1. The molecular weight excluding hydrogens is 492 g/mol. The van der Waals surface area contributed by atoms with Gasteiger partial charge in [0.15, 0.2) is 0 Å². The third kappa shape index (κ3) is 6.30. The van der Waals surface area contributed by atoms with Gasteiger partial charge in [0.1, 0.15) is 6.04 Å². The zero-order chi connectivity index (χ0) is 23.4. The molecule has 2 atom stereocenters. The van der Waals surface area contributed by atoms with Crippen LogP contribution in [0, 0.1) is 0 Å². The molecule has 0 aliphatic carbocycles. The number of rotatable bonds is 6. The Kier molecular flexibility index (Phi) is 8.70. The first-order valence-corrected chi connectivity index (χ1v) is 11.8. The van der Waals surface area contributed by atoms with Gasteiger partial charge in [-0.15, -0.1) is 0 Å². The van der Waals surface area contributed by atoms with E-state index in [0.29, 0.717) is 38.7 Å². The smallest absolute Gasteiger partial charge is 0.245 e. The average Bonchev–Trinajstić information content (AvgIpc) is 2.74. The lowest BCUT2D eigenvalue weighted by molar-refractivity contribution is -0.138. The molecule has 1 saturated heterocycles. The number of benzene rings is 2. The van der Waals surface area contributed by atoms with Gasteiger partial charge in [0, 0.05) is 52.7 Å². The second-order valence-corrected chi connectivity index (χ2v) is 9.70. The van der Waals surface area contributed by atoms with Crippen LogP contribution in [0.15, 0.2) is 36.4 Å². The van der Waals surface area contributed by atoms with Gasteiger partial charge in [-0.3, -0.25) is 9.59 Å². The first-order valence-electron chi connectivity index (χ1n) is 10.3. The lowest BCUT2D eigenvalue weighted by atomic mass is 9.98. The quantitative estimate of drug-likeness (QED) is 0.593. The van der Waals surface area contributed by atoms with Crippen molar-refractivity contribution in [3.8, 4) is 0 Å². The Morgan fingerprint density at radius 2 is 1.53 bits per heavy atom. The lowest BCUT2D eigenvalue weighted by Crippen LogP contribution is -2.55. The maximum atomic E-state index is 13.4. The third-order valence-corrected chi connectivity index (χ3v) is 6.84. The van der Waals surface area contributed by atoms with E-state index in [1.54, 1.807) is 48.2 Å². The first-order chi connectivity index (χ1) is 15.2. The Morgan fingerprint density at radius 3 is 2.12 bits per heavy atom. The minimum absolute atomic E-state index is 0.133. The topological polar surface area (TPSA) is 52.7 Å². The number of carbonyl (C=O) groups is 2. The number of nitrogens with one attached hydrogen (secondary N) is 1. The van der Waals surface area contributed by atoms with Crippen LogP contribution in [0.2, 0.25) is 20.1 Å². The van der Waals surface area contributed by atoms with Crippen LogP contribution in [-0.2, 0) is 16.0 Å². The fourth-order valence-electron chi connectivity index (χ4n) is 3.65.